The Bertz CT molecular complexity index is 566. The number of hydrogen-bond donors (Lipinski definition) is 2. The molecule has 1 aromatic rings. The van der Waals surface area contributed by atoms with E-state index < -0.39 is 10.0 Å². The van der Waals surface area contributed by atoms with Gasteiger partial charge in [0, 0.05) is 19.5 Å². The van der Waals surface area contributed by atoms with Gasteiger partial charge < -0.3 is 5.32 Å². The van der Waals surface area contributed by atoms with E-state index in [2.05, 4.69) is 10.0 Å². The van der Waals surface area contributed by atoms with Crippen LogP contribution in [0.15, 0.2) is 35.2 Å². The van der Waals surface area contributed by atoms with Gasteiger partial charge in [0.05, 0.1) is 4.90 Å². The Labute approximate surface area is 132 Å². The van der Waals surface area contributed by atoms with Crippen molar-refractivity contribution in [1.29, 1.82) is 0 Å². The zero-order chi connectivity index (χ0) is 15.8. The van der Waals surface area contributed by atoms with Crippen molar-refractivity contribution in [3.05, 3.63) is 30.3 Å². The first-order chi connectivity index (χ1) is 10.6. The summed E-state index contributed by atoms with van der Waals surface area (Å²) in [6, 6.07) is 8.22. The van der Waals surface area contributed by atoms with Crippen molar-refractivity contribution in [2.24, 2.45) is 5.92 Å². The van der Waals surface area contributed by atoms with Crippen LogP contribution in [0.4, 0.5) is 0 Å². The highest BCUT2D eigenvalue weighted by molar-refractivity contribution is 7.89. The van der Waals surface area contributed by atoms with Gasteiger partial charge in [-0.15, -0.1) is 0 Å². The molecule has 6 heteroatoms. The summed E-state index contributed by atoms with van der Waals surface area (Å²) in [6.07, 6.45) is 6.54. The van der Waals surface area contributed by atoms with Crippen molar-refractivity contribution in [3.8, 4) is 0 Å². The maximum Gasteiger partial charge on any atom is 0.240 e. The third kappa shape index (κ3) is 5.42. The van der Waals surface area contributed by atoms with Gasteiger partial charge in [0.1, 0.15) is 0 Å². The smallest absolute Gasteiger partial charge is 0.240 e. The summed E-state index contributed by atoms with van der Waals surface area (Å²) in [5.41, 5.74) is 0. The highest BCUT2D eigenvalue weighted by Gasteiger charge is 2.17. The van der Waals surface area contributed by atoms with E-state index >= 15 is 0 Å². The van der Waals surface area contributed by atoms with Crippen LogP contribution in [-0.4, -0.2) is 27.4 Å². The SMILES string of the molecule is O=C(CC1CCCCC1)NCCNS(=O)(=O)c1ccccc1. The molecule has 22 heavy (non-hydrogen) atoms. The van der Waals surface area contributed by atoms with Gasteiger partial charge in [-0.2, -0.15) is 0 Å². The molecule has 1 amide bonds. The number of carbonyl (C=O) groups excluding carboxylic acids is 1. The van der Waals surface area contributed by atoms with Crippen molar-refractivity contribution >= 4 is 15.9 Å². The predicted molar refractivity (Wildman–Crippen MR) is 85.8 cm³/mol. The van der Waals surface area contributed by atoms with Gasteiger partial charge in [0.15, 0.2) is 0 Å². The van der Waals surface area contributed by atoms with Gasteiger partial charge in [-0.1, -0.05) is 37.5 Å². The Morgan fingerprint density at radius 3 is 2.41 bits per heavy atom. The Hall–Kier alpha value is -1.40. The quantitative estimate of drug-likeness (QED) is 0.754. The minimum atomic E-state index is -3.49. The predicted octanol–water partition coefficient (Wildman–Crippen LogP) is 2.05. The van der Waals surface area contributed by atoms with Gasteiger partial charge in [-0.3, -0.25) is 4.79 Å². The van der Waals surface area contributed by atoms with Crippen molar-refractivity contribution in [2.75, 3.05) is 13.1 Å². The third-order valence-electron chi connectivity index (χ3n) is 3.99. The summed E-state index contributed by atoms with van der Waals surface area (Å²) in [6.45, 7) is 0.519. The molecular formula is C16H24N2O3S. The van der Waals surface area contributed by atoms with Crippen molar-refractivity contribution in [1.82, 2.24) is 10.0 Å². The van der Waals surface area contributed by atoms with Crippen LogP contribution in [0.2, 0.25) is 0 Å². The first-order valence-corrected chi connectivity index (χ1v) is 9.37. The standard InChI is InChI=1S/C16H24N2O3S/c19-16(13-14-7-3-1-4-8-14)17-11-12-18-22(20,21)15-9-5-2-6-10-15/h2,5-6,9-10,14,18H,1,3-4,7-8,11-13H2,(H,17,19). The first kappa shape index (κ1) is 17.0. The molecule has 0 unspecified atom stereocenters. The largest absolute Gasteiger partial charge is 0.355 e. The lowest BCUT2D eigenvalue weighted by atomic mass is 9.87. The number of sulfonamides is 1. The summed E-state index contributed by atoms with van der Waals surface area (Å²) in [5, 5.41) is 2.79. The van der Waals surface area contributed by atoms with Crippen LogP contribution in [0.25, 0.3) is 0 Å². The number of nitrogens with one attached hydrogen (secondary N) is 2. The molecule has 1 aromatic carbocycles. The molecule has 0 aliphatic heterocycles. The van der Waals surface area contributed by atoms with Crippen LogP contribution in [-0.2, 0) is 14.8 Å². The molecule has 1 saturated carbocycles. The van der Waals surface area contributed by atoms with E-state index in [1.54, 1.807) is 30.3 Å². The Balaban J connectivity index is 1.67. The number of benzene rings is 1. The summed E-state index contributed by atoms with van der Waals surface area (Å²) >= 11 is 0. The van der Waals surface area contributed by atoms with Crippen LogP contribution in [0.1, 0.15) is 38.5 Å². The van der Waals surface area contributed by atoms with E-state index in [1.165, 1.54) is 19.3 Å². The fourth-order valence-corrected chi connectivity index (χ4v) is 3.85. The second kappa shape index (κ2) is 8.29. The van der Waals surface area contributed by atoms with E-state index in [1.807, 2.05) is 0 Å². The Morgan fingerprint density at radius 1 is 1.05 bits per heavy atom. The molecule has 2 rings (SSSR count). The lowest BCUT2D eigenvalue weighted by Crippen LogP contribution is -2.35. The molecule has 1 aliphatic carbocycles. The fourth-order valence-electron chi connectivity index (χ4n) is 2.80. The average Bonchev–Trinajstić information content (AvgIpc) is 2.53. The fraction of sp³-hybridized carbons (Fsp3) is 0.562. The first-order valence-electron chi connectivity index (χ1n) is 7.89. The molecular weight excluding hydrogens is 300 g/mol. The maximum absolute atomic E-state index is 12.0. The molecule has 1 aliphatic rings. The molecule has 0 heterocycles. The molecule has 0 spiro atoms. The third-order valence-corrected chi connectivity index (χ3v) is 5.47. The molecule has 122 valence electrons. The summed E-state index contributed by atoms with van der Waals surface area (Å²) < 4.78 is 26.4. The van der Waals surface area contributed by atoms with E-state index in [-0.39, 0.29) is 17.3 Å². The lowest BCUT2D eigenvalue weighted by molar-refractivity contribution is -0.122. The zero-order valence-electron chi connectivity index (χ0n) is 12.8. The molecule has 0 bridgehead atoms. The molecule has 5 nitrogen and oxygen atoms in total. The Kier molecular flexibility index (Phi) is 6.39. The van der Waals surface area contributed by atoms with Gasteiger partial charge in [-0.25, -0.2) is 13.1 Å². The number of amides is 1. The Morgan fingerprint density at radius 2 is 1.73 bits per heavy atom. The van der Waals surface area contributed by atoms with E-state index in [9.17, 15) is 13.2 Å². The van der Waals surface area contributed by atoms with Crippen molar-refractivity contribution in [3.63, 3.8) is 0 Å². The highest BCUT2D eigenvalue weighted by Crippen LogP contribution is 2.25. The summed E-state index contributed by atoms with van der Waals surface area (Å²) in [7, 11) is -3.49. The van der Waals surface area contributed by atoms with Gasteiger partial charge in [0.25, 0.3) is 0 Å². The van der Waals surface area contributed by atoms with Crippen LogP contribution in [0.3, 0.4) is 0 Å². The van der Waals surface area contributed by atoms with Crippen LogP contribution in [0, 0.1) is 5.92 Å². The van der Waals surface area contributed by atoms with E-state index in [0.29, 0.717) is 18.9 Å². The lowest BCUT2D eigenvalue weighted by Gasteiger charge is -2.20. The topological polar surface area (TPSA) is 75.3 Å². The molecule has 1 fully saturated rings. The van der Waals surface area contributed by atoms with E-state index in [0.717, 1.165) is 12.8 Å². The van der Waals surface area contributed by atoms with Crippen molar-refractivity contribution in [2.45, 2.75) is 43.4 Å². The minimum absolute atomic E-state index is 0.0193. The number of hydrogen-bond acceptors (Lipinski definition) is 3. The minimum Gasteiger partial charge on any atom is -0.355 e. The summed E-state index contributed by atoms with van der Waals surface area (Å²) in [5.74, 6) is 0.514. The average molecular weight is 324 g/mol. The maximum atomic E-state index is 12.0. The monoisotopic (exact) mass is 324 g/mol. The van der Waals surface area contributed by atoms with Crippen LogP contribution < -0.4 is 10.0 Å². The number of rotatable bonds is 7. The van der Waals surface area contributed by atoms with Gasteiger partial charge in [-0.05, 0) is 30.9 Å². The molecule has 0 radical (unpaired) electrons. The normalized spacial score (nSPS) is 16.4. The van der Waals surface area contributed by atoms with Crippen LogP contribution in [0.5, 0.6) is 0 Å². The molecule has 2 N–H and O–H groups in total. The summed E-state index contributed by atoms with van der Waals surface area (Å²) in [4.78, 5) is 12.1. The van der Waals surface area contributed by atoms with Crippen LogP contribution >= 0.6 is 0 Å². The second-order valence-corrected chi connectivity index (χ2v) is 7.54. The molecule has 0 saturated heterocycles. The highest BCUT2D eigenvalue weighted by atomic mass is 32.2. The molecule has 0 atom stereocenters. The van der Waals surface area contributed by atoms with Crippen molar-refractivity contribution < 1.29 is 13.2 Å². The second-order valence-electron chi connectivity index (χ2n) is 5.77. The zero-order valence-corrected chi connectivity index (χ0v) is 13.6. The van der Waals surface area contributed by atoms with Gasteiger partial charge in [0.2, 0.25) is 15.9 Å². The van der Waals surface area contributed by atoms with E-state index in [4.69, 9.17) is 0 Å². The number of carbonyl (C=O) groups is 1. The van der Waals surface area contributed by atoms with Gasteiger partial charge >= 0.3 is 0 Å². The molecule has 0 aromatic heterocycles.